The Hall–Kier alpha value is -4.05. The van der Waals surface area contributed by atoms with Crippen LogP contribution in [0.25, 0.3) is 0 Å². The van der Waals surface area contributed by atoms with Gasteiger partial charge >= 0.3 is 0 Å². The standard InChI is InChI=1S/C32H41N3O6S/c1-8-24(4)33-32(37)25(5)34(20-26-12-10-9-11-23(26)3)31(36)21-35(27-15-13-22(2)14-16-27)42(38,39)28-17-18-29(40-6)30(19-28)41-7/h9-19,24-25H,8,20-21H2,1-7H3,(H,33,37). The third kappa shape index (κ3) is 7.61. The molecule has 0 bridgehead atoms. The van der Waals surface area contributed by atoms with Crippen LogP contribution in [0.2, 0.25) is 0 Å². The molecule has 0 aromatic heterocycles. The van der Waals surface area contributed by atoms with E-state index in [-0.39, 0.29) is 29.1 Å². The van der Waals surface area contributed by atoms with Gasteiger partial charge in [-0.05, 0) is 69.5 Å². The molecule has 0 heterocycles. The summed E-state index contributed by atoms with van der Waals surface area (Å²) in [7, 11) is -1.37. The topological polar surface area (TPSA) is 105 Å². The number of carbonyl (C=O) groups is 2. The SMILES string of the molecule is CCC(C)NC(=O)C(C)N(Cc1ccccc1C)C(=O)CN(c1ccc(C)cc1)S(=O)(=O)c1ccc(OC)c(OC)c1. The molecule has 42 heavy (non-hydrogen) atoms. The van der Waals surface area contributed by atoms with Crippen molar-refractivity contribution in [2.45, 2.75) is 64.6 Å². The maximum atomic E-state index is 14.1. The summed E-state index contributed by atoms with van der Waals surface area (Å²) in [5, 5.41) is 2.95. The number of benzene rings is 3. The average Bonchev–Trinajstić information content (AvgIpc) is 2.98. The summed E-state index contributed by atoms with van der Waals surface area (Å²) in [6, 6.07) is 17.8. The molecule has 0 aliphatic rings. The number of hydrogen-bond acceptors (Lipinski definition) is 6. The number of ether oxygens (including phenoxy) is 2. The summed E-state index contributed by atoms with van der Waals surface area (Å²) in [6.45, 7) is 8.96. The number of nitrogens with zero attached hydrogens (tertiary/aromatic N) is 2. The zero-order valence-electron chi connectivity index (χ0n) is 25.4. The molecule has 0 saturated heterocycles. The molecule has 2 unspecified atom stereocenters. The van der Waals surface area contributed by atoms with Crippen LogP contribution in [0.5, 0.6) is 11.5 Å². The summed E-state index contributed by atoms with van der Waals surface area (Å²) < 4.78 is 39.9. The number of anilines is 1. The van der Waals surface area contributed by atoms with Crippen LogP contribution in [0.3, 0.4) is 0 Å². The monoisotopic (exact) mass is 595 g/mol. The van der Waals surface area contributed by atoms with E-state index in [1.54, 1.807) is 31.2 Å². The van der Waals surface area contributed by atoms with Crippen LogP contribution in [0.1, 0.15) is 43.9 Å². The zero-order valence-corrected chi connectivity index (χ0v) is 26.2. The van der Waals surface area contributed by atoms with E-state index in [0.29, 0.717) is 11.4 Å². The van der Waals surface area contributed by atoms with Crippen LogP contribution in [0.15, 0.2) is 71.6 Å². The lowest BCUT2D eigenvalue weighted by Gasteiger charge is -2.33. The smallest absolute Gasteiger partial charge is 0.264 e. The lowest BCUT2D eigenvalue weighted by molar-refractivity contribution is -0.139. The molecule has 3 aromatic carbocycles. The first kappa shape index (κ1) is 32.5. The first-order valence-corrected chi connectivity index (χ1v) is 15.3. The first-order valence-electron chi connectivity index (χ1n) is 13.9. The third-order valence-electron chi connectivity index (χ3n) is 7.31. The Bertz CT molecular complexity index is 1490. The number of hydrogen-bond donors (Lipinski definition) is 1. The quantitative estimate of drug-likeness (QED) is 0.303. The van der Waals surface area contributed by atoms with Crippen LogP contribution in [-0.4, -0.2) is 58.0 Å². The largest absolute Gasteiger partial charge is 0.493 e. The lowest BCUT2D eigenvalue weighted by atomic mass is 10.1. The van der Waals surface area contributed by atoms with E-state index < -0.39 is 28.5 Å². The van der Waals surface area contributed by atoms with Crippen molar-refractivity contribution < 1.29 is 27.5 Å². The highest BCUT2D eigenvalue weighted by molar-refractivity contribution is 7.92. The van der Waals surface area contributed by atoms with Crippen molar-refractivity contribution >= 4 is 27.5 Å². The summed E-state index contributed by atoms with van der Waals surface area (Å²) in [5.41, 5.74) is 3.07. The van der Waals surface area contributed by atoms with E-state index in [9.17, 15) is 18.0 Å². The van der Waals surface area contributed by atoms with Gasteiger partial charge in [0.15, 0.2) is 11.5 Å². The molecule has 9 nitrogen and oxygen atoms in total. The van der Waals surface area contributed by atoms with Crippen molar-refractivity contribution in [3.8, 4) is 11.5 Å². The molecule has 3 rings (SSSR count). The average molecular weight is 596 g/mol. The van der Waals surface area contributed by atoms with Crippen LogP contribution in [0, 0.1) is 13.8 Å². The molecule has 0 aliphatic heterocycles. The molecule has 10 heteroatoms. The first-order chi connectivity index (χ1) is 19.9. The van der Waals surface area contributed by atoms with Crippen molar-refractivity contribution in [3.63, 3.8) is 0 Å². The summed E-state index contributed by atoms with van der Waals surface area (Å²) in [4.78, 5) is 28.7. The van der Waals surface area contributed by atoms with E-state index >= 15 is 0 Å². The molecule has 3 aromatic rings. The molecule has 0 radical (unpaired) electrons. The maximum Gasteiger partial charge on any atom is 0.264 e. The second-order valence-corrected chi connectivity index (χ2v) is 12.2. The Morgan fingerprint density at radius 1 is 0.905 bits per heavy atom. The predicted molar refractivity (Wildman–Crippen MR) is 164 cm³/mol. The fourth-order valence-electron chi connectivity index (χ4n) is 4.36. The van der Waals surface area contributed by atoms with Gasteiger partial charge in [-0.25, -0.2) is 8.42 Å². The third-order valence-corrected chi connectivity index (χ3v) is 9.08. The maximum absolute atomic E-state index is 14.1. The Morgan fingerprint density at radius 2 is 1.55 bits per heavy atom. The number of nitrogens with one attached hydrogen (secondary N) is 1. The van der Waals surface area contributed by atoms with E-state index in [1.807, 2.05) is 52.0 Å². The molecule has 1 N–H and O–H groups in total. The number of rotatable bonds is 13. The van der Waals surface area contributed by atoms with Gasteiger partial charge < -0.3 is 19.7 Å². The minimum atomic E-state index is -4.25. The van der Waals surface area contributed by atoms with Crippen molar-refractivity contribution in [3.05, 3.63) is 83.4 Å². The Labute approximate surface area is 249 Å². The molecule has 0 saturated carbocycles. The molecule has 0 aliphatic carbocycles. The zero-order chi connectivity index (χ0) is 31.0. The van der Waals surface area contributed by atoms with E-state index in [0.717, 1.165) is 27.4 Å². The number of amides is 2. The van der Waals surface area contributed by atoms with Gasteiger partial charge in [0.2, 0.25) is 11.8 Å². The number of carbonyl (C=O) groups excluding carboxylic acids is 2. The molecule has 2 amide bonds. The van der Waals surface area contributed by atoms with E-state index in [4.69, 9.17) is 9.47 Å². The van der Waals surface area contributed by atoms with Gasteiger partial charge in [0, 0.05) is 18.7 Å². The predicted octanol–water partition coefficient (Wildman–Crippen LogP) is 4.85. The van der Waals surface area contributed by atoms with Gasteiger partial charge in [-0.3, -0.25) is 13.9 Å². The van der Waals surface area contributed by atoms with Gasteiger partial charge in [-0.1, -0.05) is 48.9 Å². The number of aryl methyl sites for hydroxylation is 2. The minimum absolute atomic E-state index is 0.0680. The van der Waals surface area contributed by atoms with Crippen LogP contribution in [0.4, 0.5) is 5.69 Å². The molecule has 2 atom stereocenters. The fraction of sp³-hybridized carbons (Fsp3) is 0.375. The Kier molecular flexibility index (Phi) is 11.0. The van der Waals surface area contributed by atoms with Crippen molar-refractivity contribution in [2.24, 2.45) is 0 Å². The van der Waals surface area contributed by atoms with E-state index in [2.05, 4.69) is 5.32 Å². The lowest BCUT2D eigenvalue weighted by Crippen LogP contribution is -2.52. The summed E-state index contributed by atoms with van der Waals surface area (Å²) in [5.74, 6) is -0.212. The van der Waals surface area contributed by atoms with Crippen molar-refractivity contribution in [2.75, 3.05) is 25.1 Å². The highest BCUT2D eigenvalue weighted by Crippen LogP contribution is 2.32. The van der Waals surface area contributed by atoms with Gasteiger partial charge in [-0.2, -0.15) is 0 Å². The molecular weight excluding hydrogens is 554 g/mol. The van der Waals surface area contributed by atoms with Gasteiger partial charge in [0.1, 0.15) is 12.6 Å². The Morgan fingerprint density at radius 3 is 2.14 bits per heavy atom. The van der Waals surface area contributed by atoms with Gasteiger partial charge in [0.05, 0.1) is 24.8 Å². The van der Waals surface area contributed by atoms with Crippen LogP contribution >= 0.6 is 0 Å². The molecular formula is C32H41N3O6S. The number of sulfonamides is 1. The van der Waals surface area contributed by atoms with Crippen LogP contribution in [-0.2, 0) is 26.2 Å². The van der Waals surface area contributed by atoms with Gasteiger partial charge in [-0.15, -0.1) is 0 Å². The highest BCUT2D eigenvalue weighted by atomic mass is 32.2. The molecule has 0 spiro atoms. The molecule has 0 fully saturated rings. The van der Waals surface area contributed by atoms with Gasteiger partial charge in [0.25, 0.3) is 10.0 Å². The Balaban J connectivity index is 2.07. The second kappa shape index (κ2) is 14.2. The fourth-order valence-corrected chi connectivity index (χ4v) is 5.79. The van der Waals surface area contributed by atoms with Crippen molar-refractivity contribution in [1.82, 2.24) is 10.2 Å². The summed E-state index contributed by atoms with van der Waals surface area (Å²) in [6.07, 6.45) is 0.731. The summed E-state index contributed by atoms with van der Waals surface area (Å²) >= 11 is 0. The van der Waals surface area contributed by atoms with Crippen LogP contribution < -0.4 is 19.1 Å². The minimum Gasteiger partial charge on any atom is -0.493 e. The highest BCUT2D eigenvalue weighted by Gasteiger charge is 2.33. The normalized spacial score (nSPS) is 12.6. The molecule has 226 valence electrons. The van der Waals surface area contributed by atoms with E-state index in [1.165, 1.54) is 37.3 Å². The number of methoxy groups -OCH3 is 2. The second-order valence-electron chi connectivity index (χ2n) is 10.3. The van der Waals surface area contributed by atoms with Crippen molar-refractivity contribution in [1.29, 1.82) is 0 Å².